The lowest BCUT2D eigenvalue weighted by Crippen LogP contribution is -2.18. The van der Waals surface area contributed by atoms with Gasteiger partial charge in [-0.25, -0.2) is 0 Å². The molecule has 80 valence electrons. The lowest BCUT2D eigenvalue weighted by molar-refractivity contribution is -0.118. The van der Waals surface area contributed by atoms with Crippen molar-refractivity contribution in [2.45, 2.75) is 33.1 Å². The van der Waals surface area contributed by atoms with Crippen molar-refractivity contribution in [2.24, 2.45) is 5.92 Å². The third kappa shape index (κ3) is 1.54. The predicted molar refractivity (Wildman–Crippen MR) is 62.0 cm³/mol. The van der Waals surface area contributed by atoms with Crippen molar-refractivity contribution in [1.29, 1.82) is 0 Å². The van der Waals surface area contributed by atoms with E-state index >= 15 is 0 Å². The van der Waals surface area contributed by atoms with Crippen molar-refractivity contribution in [1.82, 2.24) is 0 Å². The van der Waals surface area contributed by atoms with Crippen LogP contribution in [0.2, 0.25) is 0 Å². The fourth-order valence-corrected chi connectivity index (χ4v) is 2.26. The highest BCUT2D eigenvalue weighted by Gasteiger charge is 2.34. The predicted octanol–water partition coefficient (Wildman–Crippen LogP) is 3.08. The minimum absolute atomic E-state index is 0.0462. The van der Waals surface area contributed by atoms with E-state index in [1.807, 2.05) is 19.1 Å². The van der Waals surface area contributed by atoms with Gasteiger partial charge < -0.3 is 5.32 Å². The number of nitrogens with one attached hydrogen (secondary N) is 1. The molecule has 0 fully saturated rings. The maximum Gasteiger partial charge on any atom is 0.232 e. The Hall–Kier alpha value is -1.31. The van der Waals surface area contributed by atoms with Gasteiger partial charge in [-0.05, 0) is 24.0 Å². The quantitative estimate of drug-likeness (QED) is 0.786. The zero-order chi connectivity index (χ0) is 11.0. The lowest BCUT2D eigenvalue weighted by atomic mass is 9.86. The molecule has 2 nitrogen and oxygen atoms in total. The first-order chi connectivity index (χ1) is 7.15. The molecule has 0 radical (unpaired) electrons. The van der Waals surface area contributed by atoms with E-state index in [-0.39, 0.29) is 11.8 Å². The summed E-state index contributed by atoms with van der Waals surface area (Å²) in [5.74, 6) is 0.617. The number of rotatable bonds is 2. The van der Waals surface area contributed by atoms with Gasteiger partial charge in [-0.3, -0.25) is 4.79 Å². The number of carbonyl (C=O) groups excluding carboxylic acids is 1. The van der Waals surface area contributed by atoms with Crippen LogP contribution in [-0.2, 0) is 4.79 Å². The highest BCUT2D eigenvalue weighted by Crippen LogP contribution is 2.39. The fourth-order valence-electron chi connectivity index (χ4n) is 2.26. The zero-order valence-corrected chi connectivity index (χ0v) is 9.50. The fraction of sp³-hybridized carbons (Fsp3) is 0.462. The Morgan fingerprint density at radius 3 is 2.87 bits per heavy atom. The summed E-state index contributed by atoms with van der Waals surface area (Å²) in [5.41, 5.74) is 3.37. The first-order valence-electron chi connectivity index (χ1n) is 5.55. The minimum atomic E-state index is 0.0462. The molecular weight excluding hydrogens is 186 g/mol. The third-order valence-corrected chi connectivity index (χ3v) is 3.38. The lowest BCUT2D eigenvalue weighted by Gasteiger charge is -2.15. The summed E-state index contributed by atoms with van der Waals surface area (Å²) in [6.45, 7) is 6.31. The minimum Gasteiger partial charge on any atom is -0.325 e. The van der Waals surface area contributed by atoms with Crippen LogP contribution in [0, 0.1) is 12.8 Å². The molecule has 0 spiro atoms. The average Bonchev–Trinajstić information content (AvgIpc) is 2.55. The molecule has 1 aromatic rings. The van der Waals surface area contributed by atoms with Gasteiger partial charge in [0.25, 0.3) is 0 Å². The molecule has 1 aliphatic heterocycles. The summed E-state index contributed by atoms with van der Waals surface area (Å²) in [7, 11) is 0. The van der Waals surface area contributed by atoms with E-state index in [0.29, 0.717) is 5.92 Å². The van der Waals surface area contributed by atoms with E-state index in [0.717, 1.165) is 17.7 Å². The van der Waals surface area contributed by atoms with E-state index < -0.39 is 0 Å². The van der Waals surface area contributed by atoms with Crippen LogP contribution in [0.3, 0.4) is 0 Å². The number of aryl methyl sites for hydroxylation is 1. The Morgan fingerprint density at radius 2 is 2.20 bits per heavy atom. The summed E-state index contributed by atoms with van der Waals surface area (Å²) in [4.78, 5) is 11.9. The number of hydrogen-bond acceptors (Lipinski definition) is 1. The zero-order valence-electron chi connectivity index (χ0n) is 9.50. The Bertz CT molecular complexity index is 398. The van der Waals surface area contributed by atoms with Crippen LogP contribution < -0.4 is 5.32 Å². The van der Waals surface area contributed by atoms with E-state index in [4.69, 9.17) is 0 Å². The number of carbonyl (C=O) groups is 1. The molecule has 2 heteroatoms. The van der Waals surface area contributed by atoms with Crippen LogP contribution in [0.15, 0.2) is 18.2 Å². The molecule has 1 aromatic carbocycles. The number of hydrogen-bond donors (Lipinski definition) is 1. The van der Waals surface area contributed by atoms with Crippen LogP contribution in [0.1, 0.15) is 37.3 Å². The van der Waals surface area contributed by atoms with Crippen molar-refractivity contribution in [3.05, 3.63) is 29.3 Å². The smallest absolute Gasteiger partial charge is 0.232 e. The van der Waals surface area contributed by atoms with Crippen LogP contribution in [0.4, 0.5) is 5.69 Å². The molecule has 0 saturated heterocycles. The van der Waals surface area contributed by atoms with E-state index in [2.05, 4.69) is 25.2 Å². The molecule has 2 atom stereocenters. The third-order valence-electron chi connectivity index (χ3n) is 3.38. The van der Waals surface area contributed by atoms with Gasteiger partial charge in [0.1, 0.15) is 0 Å². The summed E-state index contributed by atoms with van der Waals surface area (Å²) < 4.78 is 0. The van der Waals surface area contributed by atoms with Crippen molar-refractivity contribution in [2.75, 3.05) is 5.32 Å². The van der Waals surface area contributed by atoms with Crippen molar-refractivity contribution in [3.8, 4) is 0 Å². The molecular formula is C13H17NO. The normalized spacial score (nSPS) is 21.0. The Labute approximate surface area is 90.7 Å². The maximum atomic E-state index is 11.9. The molecule has 2 rings (SSSR count). The SMILES string of the molecule is CCC(C)C1C(=O)Nc2c(C)cccc21. The molecule has 0 saturated carbocycles. The van der Waals surface area contributed by atoms with Crippen molar-refractivity contribution >= 4 is 11.6 Å². The first kappa shape index (κ1) is 10.2. The van der Waals surface area contributed by atoms with E-state index in [9.17, 15) is 4.79 Å². The summed E-state index contributed by atoms with van der Waals surface area (Å²) >= 11 is 0. The van der Waals surface area contributed by atoms with E-state index in [1.165, 1.54) is 5.56 Å². The van der Waals surface area contributed by atoms with Gasteiger partial charge in [0.15, 0.2) is 0 Å². The summed E-state index contributed by atoms with van der Waals surface area (Å²) in [6.07, 6.45) is 1.03. The Kier molecular flexibility index (Phi) is 2.51. The Balaban J connectivity index is 2.46. The average molecular weight is 203 g/mol. The van der Waals surface area contributed by atoms with Crippen molar-refractivity contribution < 1.29 is 4.79 Å². The molecule has 1 aliphatic rings. The Morgan fingerprint density at radius 1 is 1.47 bits per heavy atom. The van der Waals surface area contributed by atoms with Gasteiger partial charge in [0.2, 0.25) is 5.91 Å². The van der Waals surface area contributed by atoms with Crippen LogP contribution in [-0.4, -0.2) is 5.91 Å². The highest BCUT2D eigenvalue weighted by molar-refractivity contribution is 6.03. The molecule has 15 heavy (non-hydrogen) atoms. The number of anilines is 1. The number of para-hydroxylation sites is 1. The second kappa shape index (κ2) is 3.69. The largest absolute Gasteiger partial charge is 0.325 e. The molecule has 0 aromatic heterocycles. The molecule has 1 N–H and O–H groups in total. The standard InChI is InChI=1S/C13H17NO/c1-4-8(2)11-10-7-5-6-9(3)12(10)14-13(11)15/h5-8,11H,4H2,1-3H3,(H,14,15). The van der Waals surface area contributed by atoms with Crippen LogP contribution in [0.25, 0.3) is 0 Å². The van der Waals surface area contributed by atoms with Gasteiger partial charge in [0, 0.05) is 5.69 Å². The number of benzene rings is 1. The second-order valence-corrected chi connectivity index (χ2v) is 4.39. The molecule has 2 unspecified atom stereocenters. The highest BCUT2D eigenvalue weighted by atomic mass is 16.2. The molecule has 0 aliphatic carbocycles. The van der Waals surface area contributed by atoms with Gasteiger partial charge in [0.05, 0.1) is 5.92 Å². The monoisotopic (exact) mass is 203 g/mol. The molecule has 0 bridgehead atoms. The topological polar surface area (TPSA) is 29.1 Å². The van der Waals surface area contributed by atoms with Crippen LogP contribution >= 0.6 is 0 Å². The van der Waals surface area contributed by atoms with Gasteiger partial charge in [-0.2, -0.15) is 0 Å². The number of amides is 1. The molecule has 1 heterocycles. The van der Waals surface area contributed by atoms with E-state index in [1.54, 1.807) is 0 Å². The van der Waals surface area contributed by atoms with Gasteiger partial charge >= 0.3 is 0 Å². The number of fused-ring (bicyclic) bond motifs is 1. The second-order valence-electron chi connectivity index (χ2n) is 4.39. The molecule has 1 amide bonds. The summed E-state index contributed by atoms with van der Waals surface area (Å²) in [6, 6.07) is 6.14. The van der Waals surface area contributed by atoms with Gasteiger partial charge in [-0.1, -0.05) is 38.5 Å². The van der Waals surface area contributed by atoms with Gasteiger partial charge in [-0.15, -0.1) is 0 Å². The maximum absolute atomic E-state index is 11.9. The van der Waals surface area contributed by atoms with Crippen LogP contribution in [0.5, 0.6) is 0 Å². The van der Waals surface area contributed by atoms with Crippen molar-refractivity contribution in [3.63, 3.8) is 0 Å². The summed E-state index contributed by atoms with van der Waals surface area (Å²) in [5, 5.41) is 2.99. The first-order valence-corrected chi connectivity index (χ1v) is 5.55.